The lowest BCUT2D eigenvalue weighted by molar-refractivity contribution is -0.132. The summed E-state index contributed by atoms with van der Waals surface area (Å²) in [4.78, 5) is 21.2. The summed E-state index contributed by atoms with van der Waals surface area (Å²) < 4.78 is 11.8. The van der Waals surface area contributed by atoms with Crippen LogP contribution in [0.3, 0.4) is 0 Å². The van der Waals surface area contributed by atoms with E-state index in [0.717, 1.165) is 38.5 Å². The van der Waals surface area contributed by atoms with Crippen LogP contribution in [0.25, 0.3) is 0 Å². The Hall–Kier alpha value is -0.770. The lowest BCUT2D eigenvalue weighted by Gasteiger charge is -2.23. The minimum atomic E-state index is -2.70. The summed E-state index contributed by atoms with van der Waals surface area (Å²) >= 11 is 0. The van der Waals surface area contributed by atoms with Crippen LogP contribution in [-0.4, -0.2) is 22.0 Å². The summed E-state index contributed by atoms with van der Waals surface area (Å²) in [5.74, 6) is -0.660. The lowest BCUT2D eigenvalue weighted by Crippen LogP contribution is -2.28. The van der Waals surface area contributed by atoms with Gasteiger partial charge in [-0.3, -0.25) is 0 Å². The quantitative estimate of drug-likeness (QED) is 0.311. The molecule has 6 heteroatoms. The number of nitrogens with two attached hydrogens (primary N) is 1. The molecule has 0 saturated heterocycles. The Morgan fingerprint density at radius 3 is 2.39 bits per heavy atom. The van der Waals surface area contributed by atoms with Crippen molar-refractivity contribution >= 4 is 14.0 Å². The topological polar surface area (TPSA) is 101 Å². The largest absolute Gasteiger partial charge is 0.543 e. The molecule has 2 unspecified atom stereocenters. The monoisotopic (exact) mass is 344 g/mol. The number of carboxylic acids is 1. The zero-order chi connectivity index (χ0) is 17.2. The normalized spacial score (nSPS) is 19.2. The zero-order valence-electron chi connectivity index (χ0n) is 14.2. The van der Waals surface area contributed by atoms with Crippen molar-refractivity contribution in [1.29, 1.82) is 0 Å². The molecule has 1 fully saturated rings. The second kappa shape index (κ2) is 10.9. The zero-order valence-corrected chi connectivity index (χ0v) is 15.1. The van der Waals surface area contributed by atoms with Gasteiger partial charge in [0.1, 0.15) is 0 Å². The van der Waals surface area contributed by atoms with Crippen LogP contribution >= 0.6 is 8.03 Å². The molecule has 1 saturated carbocycles. The van der Waals surface area contributed by atoms with E-state index in [1.807, 2.05) is 0 Å². The average Bonchev–Trinajstić information content (AvgIpc) is 2.50. The fourth-order valence-electron chi connectivity index (χ4n) is 3.45. The van der Waals surface area contributed by atoms with E-state index in [1.165, 1.54) is 19.3 Å². The van der Waals surface area contributed by atoms with E-state index in [4.69, 9.17) is 5.73 Å². The summed E-state index contributed by atoms with van der Waals surface area (Å²) in [6, 6.07) is -0.621. The second-order valence-electron chi connectivity index (χ2n) is 6.60. The van der Waals surface area contributed by atoms with Gasteiger partial charge >= 0.3 is 14.0 Å². The Morgan fingerprint density at radius 1 is 1.22 bits per heavy atom. The third-order valence-electron chi connectivity index (χ3n) is 4.72. The fraction of sp³-hybridized carbons (Fsp3) is 0.824. The number of hydrogen-bond acceptors (Lipinski definition) is 3. The first kappa shape index (κ1) is 20.3. The Morgan fingerprint density at radius 2 is 1.87 bits per heavy atom. The number of rotatable bonds is 10. The SMILES string of the molecule is CCCCCCC(C(=O)O)=C(C(N)CC1CCCCC1)[P+](=O)O. The van der Waals surface area contributed by atoms with E-state index < -0.39 is 20.0 Å². The molecule has 1 aliphatic carbocycles. The number of hydrogen-bond donors (Lipinski definition) is 3. The molecule has 1 aliphatic rings. The number of aliphatic carboxylic acids is 1. The Balaban J connectivity index is 2.83. The minimum Gasteiger partial charge on any atom is -0.478 e. The summed E-state index contributed by atoms with van der Waals surface area (Å²) in [5.41, 5.74) is 6.22. The number of unbranched alkanes of at least 4 members (excludes halogenated alkanes) is 3. The molecule has 0 heterocycles. The van der Waals surface area contributed by atoms with Crippen LogP contribution in [0.1, 0.15) is 77.6 Å². The summed E-state index contributed by atoms with van der Waals surface area (Å²) in [6.45, 7) is 2.09. The highest BCUT2D eigenvalue weighted by molar-refractivity contribution is 7.43. The molecule has 0 amide bonds. The van der Waals surface area contributed by atoms with Crippen molar-refractivity contribution in [2.45, 2.75) is 83.6 Å². The van der Waals surface area contributed by atoms with E-state index >= 15 is 0 Å². The van der Waals surface area contributed by atoms with Gasteiger partial charge in [0, 0.05) is 0 Å². The van der Waals surface area contributed by atoms with Gasteiger partial charge in [-0.05, 0) is 29.7 Å². The maximum absolute atomic E-state index is 11.8. The highest BCUT2D eigenvalue weighted by Gasteiger charge is 2.36. The molecular weight excluding hydrogens is 313 g/mol. The van der Waals surface area contributed by atoms with Crippen molar-refractivity contribution < 1.29 is 19.4 Å². The molecule has 0 radical (unpaired) electrons. The molecule has 23 heavy (non-hydrogen) atoms. The predicted octanol–water partition coefficient (Wildman–Crippen LogP) is 4.33. The molecule has 0 aromatic rings. The first-order chi connectivity index (χ1) is 11.0. The van der Waals surface area contributed by atoms with Gasteiger partial charge in [-0.2, -0.15) is 4.89 Å². The Kier molecular flexibility index (Phi) is 9.61. The Labute approximate surface area is 140 Å². The number of carboxylic acid groups (broad SMARTS) is 1. The maximum atomic E-state index is 11.8. The summed E-state index contributed by atoms with van der Waals surface area (Å²) in [5, 5.41) is 9.52. The van der Waals surface area contributed by atoms with E-state index in [2.05, 4.69) is 6.92 Å². The van der Waals surface area contributed by atoms with Crippen molar-refractivity contribution in [3.8, 4) is 0 Å². The van der Waals surface area contributed by atoms with E-state index in [1.54, 1.807) is 0 Å². The van der Waals surface area contributed by atoms with Crippen LogP contribution in [0.5, 0.6) is 0 Å². The van der Waals surface area contributed by atoms with Gasteiger partial charge in [-0.25, -0.2) is 4.79 Å². The fourth-order valence-corrected chi connectivity index (χ4v) is 4.28. The molecule has 0 aromatic carbocycles. The molecule has 4 N–H and O–H groups in total. The van der Waals surface area contributed by atoms with Gasteiger partial charge in [0.05, 0.1) is 11.6 Å². The van der Waals surface area contributed by atoms with E-state index in [9.17, 15) is 19.4 Å². The van der Waals surface area contributed by atoms with Gasteiger partial charge in [-0.1, -0.05) is 58.3 Å². The van der Waals surface area contributed by atoms with Gasteiger partial charge < -0.3 is 10.8 Å². The van der Waals surface area contributed by atoms with Gasteiger partial charge in [0.25, 0.3) is 0 Å². The van der Waals surface area contributed by atoms with Crippen LogP contribution < -0.4 is 5.73 Å². The molecular formula is C17H31NO4P+. The van der Waals surface area contributed by atoms with Crippen LogP contribution in [-0.2, 0) is 9.36 Å². The molecule has 132 valence electrons. The van der Waals surface area contributed by atoms with Crippen molar-refractivity contribution in [3.63, 3.8) is 0 Å². The molecule has 0 aromatic heterocycles. The minimum absolute atomic E-state index is 0.0630. The van der Waals surface area contributed by atoms with Crippen molar-refractivity contribution in [1.82, 2.24) is 0 Å². The van der Waals surface area contributed by atoms with Crippen LogP contribution in [0.15, 0.2) is 10.9 Å². The van der Waals surface area contributed by atoms with E-state index in [0.29, 0.717) is 18.8 Å². The van der Waals surface area contributed by atoms with Crippen molar-refractivity contribution in [3.05, 3.63) is 10.9 Å². The average molecular weight is 344 g/mol. The van der Waals surface area contributed by atoms with E-state index in [-0.39, 0.29) is 10.9 Å². The third kappa shape index (κ3) is 7.11. The molecule has 0 spiro atoms. The smallest absolute Gasteiger partial charge is 0.478 e. The molecule has 1 rings (SSSR count). The van der Waals surface area contributed by atoms with Gasteiger partial charge in [0.15, 0.2) is 0 Å². The molecule has 2 atom stereocenters. The Bertz CT molecular complexity index is 430. The third-order valence-corrected chi connectivity index (χ3v) is 5.73. The molecule has 5 nitrogen and oxygen atoms in total. The number of carbonyl (C=O) groups is 1. The van der Waals surface area contributed by atoms with Crippen LogP contribution in [0.4, 0.5) is 0 Å². The maximum Gasteiger partial charge on any atom is 0.543 e. The lowest BCUT2D eigenvalue weighted by atomic mass is 9.84. The summed E-state index contributed by atoms with van der Waals surface area (Å²) in [7, 11) is -2.70. The standard InChI is InChI=1S/C17H30NO4P/c1-2-3-4-8-11-14(17(19)20)16(23(21)22)15(18)12-13-9-6-5-7-10-13/h13,15H,2-12,18H2,1H3,(H-,19,20,21,22)/p+1. The highest BCUT2D eigenvalue weighted by atomic mass is 31.1. The molecule has 0 aliphatic heterocycles. The van der Waals surface area contributed by atoms with Crippen molar-refractivity contribution in [2.24, 2.45) is 11.7 Å². The predicted molar refractivity (Wildman–Crippen MR) is 92.4 cm³/mol. The second-order valence-corrected chi connectivity index (χ2v) is 7.63. The van der Waals surface area contributed by atoms with Crippen LogP contribution in [0.2, 0.25) is 0 Å². The molecule has 0 bridgehead atoms. The first-order valence-electron chi connectivity index (χ1n) is 8.85. The first-order valence-corrected chi connectivity index (χ1v) is 10.1. The summed E-state index contributed by atoms with van der Waals surface area (Å²) in [6.07, 6.45) is 10.4. The van der Waals surface area contributed by atoms with Crippen LogP contribution in [0, 0.1) is 5.92 Å². The van der Waals surface area contributed by atoms with Gasteiger partial charge in [-0.15, -0.1) is 0 Å². The highest BCUT2D eigenvalue weighted by Crippen LogP contribution is 2.38. The van der Waals surface area contributed by atoms with Crippen molar-refractivity contribution in [2.75, 3.05) is 0 Å². The van der Waals surface area contributed by atoms with Gasteiger partial charge in [0.2, 0.25) is 5.31 Å².